The molecular weight excluding hydrogens is 327 g/mol. The standard InChI is InChI=1S/C15H14Cl2N2OS/c1-2-8-19(9-10-6-7-13(16)21-10)15(20)11-4-3-5-12(18)14(11)17/h2-7H,1,8-9,18H2. The first-order valence-electron chi connectivity index (χ1n) is 6.21. The van der Waals surface area contributed by atoms with Crippen LogP contribution in [0, 0.1) is 0 Å². The predicted molar refractivity (Wildman–Crippen MR) is 90.1 cm³/mol. The second-order valence-electron chi connectivity index (χ2n) is 4.39. The number of amides is 1. The molecule has 0 saturated carbocycles. The maximum atomic E-state index is 12.6. The van der Waals surface area contributed by atoms with Crippen molar-refractivity contribution in [3.63, 3.8) is 0 Å². The molecule has 1 aromatic carbocycles. The molecule has 0 aliphatic heterocycles. The Morgan fingerprint density at radius 1 is 1.33 bits per heavy atom. The van der Waals surface area contributed by atoms with Crippen molar-refractivity contribution in [1.29, 1.82) is 0 Å². The van der Waals surface area contributed by atoms with Gasteiger partial charge >= 0.3 is 0 Å². The zero-order valence-electron chi connectivity index (χ0n) is 11.2. The Kier molecular flexibility index (Phi) is 5.28. The third kappa shape index (κ3) is 3.79. The van der Waals surface area contributed by atoms with Crippen LogP contribution in [0.25, 0.3) is 0 Å². The molecule has 0 fully saturated rings. The Morgan fingerprint density at radius 3 is 2.71 bits per heavy atom. The summed E-state index contributed by atoms with van der Waals surface area (Å²) in [5.74, 6) is -0.184. The van der Waals surface area contributed by atoms with E-state index in [0.29, 0.717) is 28.7 Å². The van der Waals surface area contributed by atoms with Crippen LogP contribution in [0.4, 0.5) is 5.69 Å². The smallest absolute Gasteiger partial charge is 0.256 e. The molecule has 0 radical (unpaired) electrons. The van der Waals surface area contributed by atoms with Crippen LogP contribution in [0.3, 0.4) is 0 Å². The third-order valence-electron chi connectivity index (χ3n) is 2.87. The average Bonchev–Trinajstić information content (AvgIpc) is 2.86. The lowest BCUT2D eigenvalue weighted by atomic mass is 10.1. The molecule has 0 bridgehead atoms. The Bertz CT molecular complexity index is 669. The van der Waals surface area contributed by atoms with E-state index in [2.05, 4.69) is 6.58 Å². The lowest BCUT2D eigenvalue weighted by Crippen LogP contribution is -2.30. The third-order valence-corrected chi connectivity index (χ3v) is 4.51. The molecule has 1 heterocycles. The summed E-state index contributed by atoms with van der Waals surface area (Å²) in [6.07, 6.45) is 1.67. The number of nitrogen functional groups attached to an aromatic ring is 1. The molecule has 0 unspecified atom stereocenters. The molecule has 2 rings (SSSR count). The highest BCUT2D eigenvalue weighted by Gasteiger charge is 2.19. The topological polar surface area (TPSA) is 46.3 Å². The normalized spacial score (nSPS) is 10.4. The van der Waals surface area contributed by atoms with Gasteiger partial charge in [-0.2, -0.15) is 0 Å². The van der Waals surface area contributed by atoms with E-state index in [1.54, 1.807) is 29.2 Å². The first kappa shape index (κ1) is 15.9. The summed E-state index contributed by atoms with van der Waals surface area (Å²) in [7, 11) is 0. The van der Waals surface area contributed by atoms with Gasteiger partial charge in [0.15, 0.2) is 0 Å². The molecule has 6 heteroatoms. The van der Waals surface area contributed by atoms with E-state index >= 15 is 0 Å². The molecule has 0 aliphatic rings. The number of hydrogen-bond donors (Lipinski definition) is 1. The van der Waals surface area contributed by atoms with Gasteiger partial charge in [-0.25, -0.2) is 0 Å². The van der Waals surface area contributed by atoms with Crippen LogP contribution in [0.1, 0.15) is 15.2 Å². The molecular formula is C15H14Cl2N2OS. The molecule has 3 nitrogen and oxygen atoms in total. The van der Waals surface area contributed by atoms with Crippen LogP contribution in [0.2, 0.25) is 9.36 Å². The average molecular weight is 341 g/mol. The molecule has 0 saturated heterocycles. The zero-order valence-corrected chi connectivity index (χ0v) is 13.5. The van der Waals surface area contributed by atoms with E-state index in [0.717, 1.165) is 4.88 Å². The number of anilines is 1. The monoisotopic (exact) mass is 340 g/mol. The van der Waals surface area contributed by atoms with E-state index in [9.17, 15) is 4.79 Å². The number of rotatable bonds is 5. The van der Waals surface area contributed by atoms with Crippen LogP contribution < -0.4 is 5.73 Å². The van der Waals surface area contributed by atoms with Gasteiger partial charge in [0, 0.05) is 11.4 Å². The first-order chi connectivity index (χ1) is 10.0. The van der Waals surface area contributed by atoms with Gasteiger partial charge in [-0.15, -0.1) is 17.9 Å². The minimum atomic E-state index is -0.184. The largest absolute Gasteiger partial charge is 0.398 e. The van der Waals surface area contributed by atoms with Gasteiger partial charge in [-0.1, -0.05) is 35.3 Å². The summed E-state index contributed by atoms with van der Waals surface area (Å²) in [5, 5.41) is 0.278. The van der Waals surface area contributed by atoms with Gasteiger partial charge in [0.1, 0.15) is 0 Å². The quantitative estimate of drug-likeness (QED) is 0.644. The van der Waals surface area contributed by atoms with Gasteiger partial charge < -0.3 is 10.6 Å². The molecule has 0 spiro atoms. The Balaban J connectivity index is 2.26. The van der Waals surface area contributed by atoms with E-state index in [4.69, 9.17) is 28.9 Å². The van der Waals surface area contributed by atoms with E-state index in [1.165, 1.54) is 11.3 Å². The summed E-state index contributed by atoms with van der Waals surface area (Å²) < 4.78 is 0.693. The lowest BCUT2D eigenvalue weighted by molar-refractivity contribution is 0.0764. The fourth-order valence-electron chi connectivity index (χ4n) is 1.89. The Hall–Kier alpha value is -1.49. The summed E-state index contributed by atoms with van der Waals surface area (Å²) in [5.41, 5.74) is 6.53. The van der Waals surface area contributed by atoms with Gasteiger partial charge in [0.25, 0.3) is 5.91 Å². The molecule has 1 aromatic heterocycles. The molecule has 0 aliphatic carbocycles. The molecule has 21 heavy (non-hydrogen) atoms. The summed E-state index contributed by atoms with van der Waals surface area (Å²) in [6, 6.07) is 8.75. The number of nitrogens with two attached hydrogens (primary N) is 1. The van der Waals surface area contributed by atoms with Crippen molar-refractivity contribution in [2.75, 3.05) is 12.3 Å². The van der Waals surface area contributed by atoms with Crippen LogP contribution in [0.5, 0.6) is 0 Å². The minimum Gasteiger partial charge on any atom is -0.398 e. The molecule has 2 N–H and O–H groups in total. The number of benzene rings is 1. The van der Waals surface area contributed by atoms with Crippen molar-refractivity contribution in [3.8, 4) is 0 Å². The van der Waals surface area contributed by atoms with Crippen molar-refractivity contribution >= 4 is 46.1 Å². The van der Waals surface area contributed by atoms with Crippen molar-refractivity contribution in [2.24, 2.45) is 0 Å². The Labute approximate surface area is 137 Å². The highest BCUT2D eigenvalue weighted by molar-refractivity contribution is 7.16. The number of thiophene rings is 1. The van der Waals surface area contributed by atoms with Crippen molar-refractivity contribution < 1.29 is 4.79 Å². The van der Waals surface area contributed by atoms with Crippen LogP contribution in [-0.4, -0.2) is 17.4 Å². The van der Waals surface area contributed by atoms with Crippen LogP contribution in [-0.2, 0) is 6.54 Å². The number of carbonyl (C=O) groups excluding carboxylic acids is 1. The maximum absolute atomic E-state index is 12.6. The number of nitrogens with zero attached hydrogens (tertiary/aromatic N) is 1. The number of halogens is 2. The summed E-state index contributed by atoms with van der Waals surface area (Å²) in [6.45, 7) is 4.56. The molecule has 2 aromatic rings. The molecule has 0 atom stereocenters. The highest BCUT2D eigenvalue weighted by Crippen LogP contribution is 2.26. The second-order valence-corrected chi connectivity index (χ2v) is 6.57. The first-order valence-corrected chi connectivity index (χ1v) is 7.78. The molecule has 1 amide bonds. The van der Waals surface area contributed by atoms with Crippen molar-refractivity contribution in [3.05, 3.63) is 62.8 Å². The van der Waals surface area contributed by atoms with Gasteiger partial charge in [0.2, 0.25) is 0 Å². The SMILES string of the molecule is C=CCN(Cc1ccc(Cl)s1)C(=O)c1cccc(N)c1Cl. The highest BCUT2D eigenvalue weighted by atomic mass is 35.5. The van der Waals surface area contributed by atoms with Gasteiger partial charge in [-0.3, -0.25) is 4.79 Å². The molecule has 110 valence electrons. The van der Waals surface area contributed by atoms with Crippen molar-refractivity contribution in [1.82, 2.24) is 4.90 Å². The van der Waals surface area contributed by atoms with Crippen molar-refractivity contribution in [2.45, 2.75) is 6.54 Å². The van der Waals surface area contributed by atoms with Gasteiger partial charge in [-0.05, 0) is 24.3 Å². The van der Waals surface area contributed by atoms with Crippen LogP contribution in [0.15, 0.2) is 43.0 Å². The maximum Gasteiger partial charge on any atom is 0.256 e. The predicted octanol–water partition coefficient (Wildman–Crippen LogP) is 4.47. The Morgan fingerprint density at radius 2 is 2.10 bits per heavy atom. The number of carbonyl (C=O) groups is 1. The van der Waals surface area contributed by atoms with E-state index in [-0.39, 0.29) is 10.9 Å². The van der Waals surface area contributed by atoms with E-state index < -0.39 is 0 Å². The lowest BCUT2D eigenvalue weighted by Gasteiger charge is -2.21. The van der Waals surface area contributed by atoms with Crippen LogP contribution >= 0.6 is 34.5 Å². The fraction of sp³-hybridized carbons (Fsp3) is 0.133. The summed E-state index contributed by atoms with van der Waals surface area (Å²) in [4.78, 5) is 15.3. The second kappa shape index (κ2) is 6.98. The zero-order chi connectivity index (χ0) is 15.4. The minimum absolute atomic E-state index is 0.184. The summed E-state index contributed by atoms with van der Waals surface area (Å²) >= 11 is 13.5. The fourth-order valence-corrected chi connectivity index (χ4v) is 3.20. The number of hydrogen-bond acceptors (Lipinski definition) is 3. The van der Waals surface area contributed by atoms with E-state index in [1.807, 2.05) is 12.1 Å². The van der Waals surface area contributed by atoms with Gasteiger partial charge in [0.05, 0.1) is 27.2 Å².